The second-order valence-electron chi connectivity index (χ2n) is 4.52. The van der Waals surface area contributed by atoms with Gasteiger partial charge in [-0.15, -0.1) is 0 Å². The lowest BCUT2D eigenvalue weighted by Gasteiger charge is -2.21. The van der Waals surface area contributed by atoms with Gasteiger partial charge in [0.05, 0.1) is 12.8 Å². The molecule has 17 heavy (non-hydrogen) atoms. The van der Waals surface area contributed by atoms with Gasteiger partial charge in [0.2, 0.25) is 0 Å². The summed E-state index contributed by atoms with van der Waals surface area (Å²) in [5, 5.41) is 2.96. The number of hydrogen-bond donors (Lipinski definition) is 1. The molecule has 0 bridgehead atoms. The topological polar surface area (TPSA) is 45.5 Å². The molecule has 1 aromatic rings. The average molecular weight is 236 g/mol. The Bertz CT molecular complexity index is 344. The quantitative estimate of drug-likeness (QED) is 0.772. The molecule has 0 unspecified atom stereocenters. The number of hydrogen-bond acceptors (Lipinski definition) is 2. The highest BCUT2D eigenvalue weighted by molar-refractivity contribution is 5.74. The van der Waals surface area contributed by atoms with E-state index in [0.29, 0.717) is 12.6 Å². The molecule has 1 N–H and O–H groups in total. The largest absolute Gasteiger partial charge is 0.467 e. The Morgan fingerprint density at radius 3 is 3.00 bits per heavy atom. The zero-order valence-electron chi connectivity index (χ0n) is 10.3. The first-order chi connectivity index (χ1) is 8.31. The Kier molecular flexibility index (Phi) is 4.07. The first-order valence-electron chi connectivity index (χ1n) is 6.38. The van der Waals surface area contributed by atoms with Crippen LogP contribution in [0.3, 0.4) is 0 Å². The SMILES string of the molecule is CCCCNC(=O)N(Cc1ccco1)C1CC1. The Morgan fingerprint density at radius 2 is 2.41 bits per heavy atom. The summed E-state index contributed by atoms with van der Waals surface area (Å²) >= 11 is 0. The first kappa shape index (κ1) is 12.0. The van der Waals surface area contributed by atoms with Crippen molar-refractivity contribution in [3.8, 4) is 0 Å². The lowest BCUT2D eigenvalue weighted by molar-refractivity contribution is 0.187. The summed E-state index contributed by atoms with van der Waals surface area (Å²) in [6, 6.07) is 4.21. The number of rotatable bonds is 6. The van der Waals surface area contributed by atoms with E-state index < -0.39 is 0 Å². The van der Waals surface area contributed by atoms with E-state index in [-0.39, 0.29) is 6.03 Å². The second-order valence-corrected chi connectivity index (χ2v) is 4.52. The summed E-state index contributed by atoms with van der Waals surface area (Å²) in [7, 11) is 0. The number of amides is 2. The van der Waals surface area contributed by atoms with Crippen molar-refractivity contribution in [1.82, 2.24) is 10.2 Å². The monoisotopic (exact) mass is 236 g/mol. The van der Waals surface area contributed by atoms with Gasteiger partial charge < -0.3 is 14.6 Å². The molecule has 1 aliphatic carbocycles. The van der Waals surface area contributed by atoms with Crippen molar-refractivity contribution in [3.05, 3.63) is 24.2 Å². The molecule has 0 saturated heterocycles. The lowest BCUT2D eigenvalue weighted by Crippen LogP contribution is -2.41. The van der Waals surface area contributed by atoms with Gasteiger partial charge in [0.25, 0.3) is 0 Å². The predicted molar refractivity (Wildman–Crippen MR) is 65.6 cm³/mol. The normalized spacial score (nSPS) is 14.6. The summed E-state index contributed by atoms with van der Waals surface area (Å²) in [5.41, 5.74) is 0. The van der Waals surface area contributed by atoms with E-state index in [1.807, 2.05) is 17.0 Å². The van der Waals surface area contributed by atoms with Crippen LogP contribution in [0, 0.1) is 0 Å². The summed E-state index contributed by atoms with van der Waals surface area (Å²) in [5.74, 6) is 0.850. The molecule has 1 aromatic heterocycles. The predicted octanol–water partition coefficient (Wildman–Crippen LogP) is 2.75. The molecule has 1 fully saturated rings. The third-order valence-electron chi connectivity index (χ3n) is 2.96. The standard InChI is InChI=1S/C13H20N2O2/c1-2-3-8-14-13(16)15(11-6-7-11)10-12-5-4-9-17-12/h4-5,9,11H,2-3,6-8,10H2,1H3,(H,14,16). The summed E-state index contributed by atoms with van der Waals surface area (Å²) in [6.07, 6.45) is 6.01. The van der Waals surface area contributed by atoms with Crippen LogP contribution in [0.25, 0.3) is 0 Å². The van der Waals surface area contributed by atoms with E-state index in [0.717, 1.165) is 38.0 Å². The molecule has 0 aliphatic heterocycles. The Labute approximate surface area is 102 Å². The zero-order chi connectivity index (χ0) is 12.1. The fourth-order valence-electron chi connectivity index (χ4n) is 1.80. The molecule has 1 heterocycles. The summed E-state index contributed by atoms with van der Waals surface area (Å²) in [6.45, 7) is 3.46. The zero-order valence-corrected chi connectivity index (χ0v) is 10.3. The summed E-state index contributed by atoms with van der Waals surface area (Å²) < 4.78 is 5.30. The van der Waals surface area contributed by atoms with Crippen molar-refractivity contribution >= 4 is 6.03 Å². The molecule has 2 rings (SSSR count). The Morgan fingerprint density at radius 1 is 1.59 bits per heavy atom. The number of unbranched alkanes of at least 4 members (excludes halogenated alkanes) is 1. The molecule has 94 valence electrons. The maximum absolute atomic E-state index is 12.0. The number of nitrogens with one attached hydrogen (secondary N) is 1. The smallest absolute Gasteiger partial charge is 0.318 e. The third kappa shape index (κ3) is 3.51. The highest BCUT2D eigenvalue weighted by Crippen LogP contribution is 2.28. The van der Waals surface area contributed by atoms with Gasteiger partial charge in [-0.05, 0) is 31.4 Å². The average Bonchev–Trinajstić information content (AvgIpc) is 3.03. The van der Waals surface area contributed by atoms with Gasteiger partial charge in [0.15, 0.2) is 0 Å². The van der Waals surface area contributed by atoms with Gasteiger partial charge in [0.1, 0.15) is 5.76 Å². The van der Waals surface area contributed by atoms with Crippen LogP contribution in [0.1, 0.15) is 38.4 Å². The third-order valence-corrected chi connectivity index (χ3v) is 2.96. The van der Waals surface area contributed by atoms with E-state index in [1.165, 1.54) is 0 Å². The van der Waals surface area contributed by atoms with E-state index >= 15 is 0 Å². The van der Waals surface area contributed by atoms with Crippen molar-refractivity contribution in [2.45, 2.75) is 45.2 Å². The number of carbonyl (C=O) groups excluding carboxylic acids is 1. The van der Waals surface area contributed by atoms with Crippen molar-refractivity contribution in [2.75, 3.05) is 6.54 Å². The van der Waals surface area contributed by atoms with Crippen LogP contribution in [0.2, 0.25) is 0 Å². The van der Waals surface area contributed by atoms with Gasteiger partial charge in [-0.1, -0.05) is 13.3 Å². The van der Waals surface area contributed by atoms with Crippen molar-refractivity contribution in [3.63, 3.8) is 0 Å². The minimum absolute atomic E-state index is 0.0392. The Hall–Kier alpha value is -1.45. The van der Waals surface area contributed by atoms with Crippen LogP contribution in [0.5, 0.6) is 0 Å². The molecular formula is C13H20N2O2. The maximum Gasteiger partial charge on any atom is 0.318 e. The number of urea groups is 1. The number of nitrogens with zero attached hydrogens (tertiary/aromatic N) is 1. The minimum Gasteiger partial charge on any atom is -0.467 e. The number of furan rings is 1. The Balaban J connectivity index is 1.86. The fourth-order valence-corrected chi connectivity index (χ4v) is 1.80. The first-order valence-corrected chi connectivity index (χ1v) is 6.38. The minimum atomic E-state index is 0.0392. The molecule has 2 amide bonds. The molecule has 0 spiro atoms. The molecule has 0 aromatic carbocycles. The van der Waals surface area contributed by atoms with Gasteiger partial charge in [-0.25, -0.2) is 4.79 Å². The van der Waals surface area contributed by atoms with Crippen molar-refractivity contribution in [2.24, 2.45) is 0 Å². The molecule has 0 atom stereocenters. The van der Waals surface area contributed by atoms with Crippen LogP contribution in [-0.4, -0.2) is 23.5 Å². The maximum atomic E-state index is 12.0. The van der Waals surface area contributed by atoms with E-state index in [1.54, 1.807) is 6.26 Å². The fraction of sp³-hybridized carbons (Fsp3) is 0.615. The molecule has 4 heteroatoms. The molecule has 1 saturated carbocycles. The van der Waals surface area contributed by atoms with E-state index in [9.17, 15) is 4.79 Å². The number of carbonyl (C=O) groups is 1. The lowest BCUT2D eigenvalue weighted by atomic mass is 10.3. The van der Waals surface area contributed by atoms with Gasteiger partial charge in [-0.3, -0.25) is 0 Å². The molecule has 4 nitrogen and oxygen atoms in total. The van der Waals surface area contributed by atoms with Crippen LogP contribution in [-0.2, 0) is 6.54 Å². The molecule has 1 aliphatic rings. The van der Waals surface area contributed by atoms with E-state index in [2.05, 4.69) is 12.2 Å². The highest BCUT2D eigenvalue weighted by atomic mass is 16.3. The van der Waals surface area contributed by atoms with E-state index in [4.69, 9.17) is 4.42 Å². The van der Waals surface area contributed by atoms with Gasteiger partial charge in [-0.2, -0.15) is 0 Å². The van der Waals surface area contributed by atoms with Crippen LogP contribution in [0.4, 0.5) is 4.79 Å². The van der Waals surface area contributed by atoms with Crippen LogP contribution < -0.4 is 5.32 Å². The van der Waals surface area contributed by atoms with Crippen LogP contribution >= 0.6 is 0 Å². The van der Waals surface area contributed by atoms with Crippen molar-refractivity contribution < 1.29 is 9.21 Å². The highest BCUT2D eigenvalue weighted by Gasteiger charge is 2.32. The van der Waals surface area contributed by atoms with Gasteiger partial charge in [0, 0.05) is 12.6 Å². The van der Waals surface area contributed by atoms with Crippen molar-refractivity contribution in [1.29, 1.82) is 0 Å². The summed E-state index contributed by atoms with van der Waals surface area (Å²) in [4.78, 5) is 13.9. The molecule has 0 radical (unpaired) electrons. The van der Waals surface area contributed by atoms with Gasteiger partial charge >= 0.3 is 6.03 Å². The molecular weight excluding hydrogens is 216 g/mol. The van der Waals surface area contributed by atoms with Crippen LogP contribution in [0.15, 0.2) is 22.8 Å². The second kappa shape index (κ2) is 5.75.